The van der Waals surface area contributed by atoms with Crippen LogP contribution in [0.3, 0.4) is 0 Å². The number of thioether (sulfide) groups is 1. The van der Waals surface area contributed by atoms with Crippen molar-refractivity contribution < 1.29 is 0 Å². The molecule has 1 aromatic carbocycles. The van der Waals surface area contributed by atoms with E-state index in [1.807, 2.05) is 19.2 Å². The molecule has 18 heavy (non-hydrogen) atoms. The van der Waals surface area contributed by atoms with Gasteiger partial charge in [0, 0.05) is 18.0 Å². The van der Waals surface area contributed by atoms with Crippen LogP contribution in [0, 0.1) is 6.92 Å². The maximum Gasteiger partial charge on any atom is 0.0966 e. The summed E-state index contributed by atoms with van der Waals surface area (Å²) in [6.07, 6.45) is 1.83. The Balaban J connectivity index is 2.07. The van der Waals surface area contributed by atoms with Gasteiger partial charge in [0.05, 0.1) is 5.03 Å². The lowest BCUT2D eigenvalue weighted by Crippen LogP contribution is -2.05. The number of nitrogens with two attached hydrogens (primary N) is 1. The van der Waals surface area contributed by atoms with Gasteiger partial charge in [0.1, 0.15) is 0 Å². The van der Waals surface area contributed by atoms with E-state index >= 15 is 0 Å². The molecule has 94 valence electrons. The highest BCUT2D eigenvalue weighted by atomic mass is 32.2. The number of hydrogen-bond acceptors (Lipinski definition) is 3. The first kappa shape index (κ1) is 13.1. The summed E-state index contributed by atoms with van der Waals surface area (Å²) in [4.78, 5) is 4.37. The van der Waals surface area contributed by atoms with E-state index in [9.17, 15) is 0 Å². The third-order valence-corrected chi connectivity index (χ3v) is 3.90. The van der Waals surface area contributed by atoms with Crippen LogP contribution >= 0.6 is 11.8 Å². The first-order chi connectivity index (χ1) is 8.66. The molecule has 0 bridgehead atoms. The summed E-state index contributed by atoms with van der Waals surface area (Å²) in [6, 6.07) is 12.6. The third-order valence-electron chi connectivity index (χ3n) is 2.92. The largest absolute Gasteiger partial charge is 0.324 e. The molecule has 2 N–H and O–H groups in total. The molecule has 2 nitrogen and oxygen atoms in total. The second-order valence-corrected chi connectivity index (χ2v) is 5.43. The average Bonchev–Trinajstić information content (AvgIpc) is 2.38. The molecule has 0 spiro atoms. The molecular weight excluding hydrogens is 240 g/mol. The molecule has 2 rings (SSSR count). The van der Waals surface area contributed by atoms with Crippen LogP contribution in [0.4, 0.5) is 0 Å². The number of aromatic nitrogens is 1. The van der Waals surface area contributed by atoms with E-state index in [1.54, 1.807) is 11.8 Å². The molecule has 0 saturated heterocycles. The Bertz CT molecular complexity index is 523. The van der Waals surface area contributed by atoms with Gasteiger partial charge in [-0.15, -0.1) is 11.8 Å². The molecule has 0 amide bonds. The summed E-state index contributed by atoms with van der Waals surface area (Å²) in [5, 5.41) is 1.04. The molecular formula is C15H18N2S. The number of benzene rings is 1. The summed E-state index contributed by atoms with van der Waals surface area (Å²) >= 11 is 1.75. The fourth-order valence-electron chi connectivity index (χ4n) is 1.71. The molecule has 0 radical (unpaired) electrons. The number of pyridine rings is 1. The second kappa shape index (κ2) is 6.03. The van der Waals surface area contributed by atoms with Gasteiger partial charge >= 0.3 is 0 Å². The highest BCUT2D eigenvalue weighted by molar-refractivity contribution is 7.98. The maximum atomic E-state index is 5.88. The zero-order valence-electron chi connectivity index (χ0n) is 10.8. The maximum absolute atomic E-state index is 5.88. The van der Waals surface area contributed by atoms with Crippen molar-refractivity contribution in [2.45, 2.75) is 30.7 Å². The Morgan fingerprint density at radius 3 is 2.78 bits per heavy atom. The zero-order chi connectivity index (χ0) is 13.0. The Hall–Kier alpha value is -1.32. The van der Waals surface area contributed by atoms with E-state index in [0.29, 0.717) is 0 Å². The molecule has 1 aromatic heterocycles. The van der Waals surface area contributed by atoms with E-state index in [1.165, 1.54) is 11.1 Å². The standard InChI is InChI=1S/C15H18N2S/c1-11-5-3-4-6-14(11)10-18-15-9-13(12(2)16)7-8-17-15/h3-9,12H,10,16H2,1-2H3. The lowest BCUT2D eigenvalue weighted by Gasteiger charge is -2.08. The number of rotatable bonds is 4. The van der Waals surface area contributed by atoms with Gasteiger partial charge in [0.2, 0.25) is 0 Å². The molecule has 1 heterocycles. The van der Waals surface area contributed by atoms with E-state index < -0.39 is 0 Å². The molecule has 0 aliphatic carbocycles. The molecule has 0 fully saturated rings. The Labute approximate surface area is 113 Å². The van der Waals surface area contributed by atoms with Gasteiger partial charge in [0.25, 0.3) is 0 Å². The number of hydrogen-bond donors (Lipinski definition) is 1. The molecule has 0 aliphatic rings. The predicted molar refractivity (Wildman–Crippen MR) is 77.6 cm³/mol. The van der Waals surface area contributed by atoms with Gasteiger partial charge in [-0.25, -0.2) is 4.98 Å². The van der Waals surface area contributed by atoms with Crippen molar-refractivity contribution in [2.75, 3.05) is 0 Å². The lowest BCUT2D eigenvalue weighted by molar-refractivity contribution is 0.808. The summed E-state index contributed by atoms with van der Waals surface area (Å²) < 4.78 is 0. The Morgan fingerprint density at radius 2 is 2.06 bits per heavy atom. The first-order valence-electron chi connectivity index (χ1n) is 6.05. The van der Waals surface area contributed by atoms with Crippen LogP contribution in [0.15, 0.2) is 47.6 Å². The third kappa shape index (κ3) is 3.34. The van der Waals surface area contributed by atoms with Crippen LogP contribution in [-0.2, 0) is 5.75 Å². The van der Waals surface area contributed by atoms with Crippen LogP contribution in [0.2, 0.25) is 0 Å². The van der Waals surface area contributed by atoms with Crippen LogP contribution in [0.25, 0.3) is 0 Å². The lowest BCUT2D eigenvalue weighted by atomic mass is 10.1. The van der Waals surface area contributed by atoms with Gasteiger partial charge < -0.3 is 5.73 Å². The van der Waals surface area contributed by atoms with Crippen molar-refractivity contribution in [1.29, 1.82) is 0 Å². The quantitative estimate of drug-likeness (QED) is 0.850. The minimum Gasteiger partial charge on any atom is -0.324 e. The van der Waals surface area contributed by atoms with Gasteiger partial charge in [-0.2, -0.15) is 0 Å². The topological polar surface area (TPSA) is 38.9 Å². The van der Waals surface area contributed by atoms with E-state index in [4.69, 9.17) is 5.73 Å². The molecule has 3 heteroatoms. The molecule has 1 atom stereocenters. The number of nitrogens with zero attached hydrogens (tertiary/aromatic N) is 1. The van der Waals surface area contributed by atoms with E-state index in [-0.39, 0.29) is 6.04 Å². The van der Waals surface area contributed by atoms with Crippen LogP contribution < -0.4 is 5.73 Å². The summed E-state index contributed by atoms with van der Waals surface area (Å²) in [5.74, 6) is 0.947. The summed E-state index contributed by atoms with van der Waals surface area (Å²) in [5.41, 5.74) is 9.70. The normalized spacial score (nSPS) is 12.4. The van der Waals surface area contributed by atoms with E-state index in [2.05, 4.69) is 42.2 Å². The van der Waals surface area contributed by atoms with Crippen molar-refractivity contribution in [1.82, 2.24) is 4.98 Å². The minimum absolute atomic E-state index is 0.0609. The SMILES string of the molecule is Cc1ccccc1CSc1cc(C(C)N)ccn1. The van der Waals surface area contributed by atoms with Gasteiger partial charge in [-0.1, -0.05) is 24.3 Å². The fourth-order valence-corrected chi connectivity index (χ4v) is 2.69. The molecule has 0 aliphatic heterocycles. The fraction of sp³-hybridized carbons (Fsp3) is 0.267. The van der Waals surface area contributed by atoms with Gasteiger partial charge in [-0.3, -0.25) is 0 Å². The predicted octanol–water partition coefficient (Wildman–Crippen LogP) is 3.70. The van der Waals surface area contributed by atoms with Crippen LogP contribution in [-0.4, -0.2) is 4.98 Å². The van der Waals surface area contributed by atoms with Crippen molar-refractivity contribution in [3.63, 3.8) is 0 Å². The van der Waals surface area contributed by atoms with Crippen molar-refractivity contribution >= 4 is 11.8 Å². The Kier molecular flexibility index (Phi) is 4.39. The zero-order valence-corrected chi connectivity index (χ0v) is 11.6. The van der Waals surface area contributed by atoms with Crippen molar-refractivity contribution in [3.05, 3.63) is 59.3 Å². The highest BCUT2D eigenvalue weighted by Gasteiger charge is 2.03. The second-order valence-electron chi connectivity index (χ2n) is 4.43. The minimum atomic E-state index is 0.0609. The van der Waals surface area contributed by atoms with Gasteiger partial charge in [0.15, 0.2) is 0 Å². The van der Waals surface area contributed by atoms with Crippen LogP contribution in [0.5, 0.6) is 0 Å². The van der Waals surface area contributed by atoms with Crippen molar-refractivity contribution in [3.8, 4) is 0 Å². The first-order valence-corrected chi connectivity index (χ1v) is 7.04. The van der Waals surface area contributed by atoms with E-state index in [0.717, 1.165) is 16.3 Å². The average molecular weight is 258 g/mol. The smallest absolute Gasteiger partial charge is 0.0966 e. The van der Waals surface area contributed by atoms with Crippen molar-refractivity contribution in [2.24, 2.45) is 5.73 Å². The highest BCUT2D eigenvalue weighted by Crippen LogP contribution is 2.24. The molecule has 0 saturated carbocycles. The molecule has 2 aromatic rings. The monoisotopic (exact) mass is 258 g/mol. The van der Waals surface area contributed by atoms with Gasteiger partial charge in [-0.05, 0) is 42.7 Å². The summed E-state index contributed by atoms with van der Waals surface area (Å²) in [6.45, 7) is 4.13. The van der Waals surface area contributed by atoms with Crippen LogP contribution in [0.1, 0.15) is 29.7 Å². The molecule has 1 unspecified atom stereocenters. The number of aryl methyl sites for hydroxylation is 1. The Morgan fingerprint density at radius 1 is 1.28 bits per heavy atom. The summed E-state index contributed by atoms with van der Waals surface area (Å²) in [7, 11) is 0.